The lowest BCUT2D eigenvalue weighted by Crippen LogP contribution is -2.32. The number of rotatable bonds is 3. The first kappa shape index (κ1) is 17.0. The van der Waals surface area contributed by atoms with Crippen LogP contribution in [0.3, 0.4) is 0 Å². The van der Waals surface area contributed by atoms with Gasteiger partial charge in [0.05, 0.1) is 23.3 Å². The molecule has 0 aliphatic rings. The maximum atomic E-state index is 14.2. The minimum absolute atomic E-state index is 0.0601. The Morgan fingerprint density at radius 2 is 2.16 bits per heavy atom. The highest BCUT2D eigenvalue weighted by Crippen LogP contribution is 2.25. The van der Waals surface area contributed by atoms with Gasteiger partial charge in [0, 0.05) is 10.7 Å². The average molecular weight is 407 g/mol. The number of hydrogen-bond acceptors (Lipinski definition) is 4. The van der Waals surface area contributed by atoms with Gasteiger partial charge in [-0.15, -0.1) is 0 Å². The van der Waals surface area contributed by atoms with Gasteiger partial charge >= 0.3 is 6.09 Å². The number of aromatic nitrogens is 3. The molecule has 2 aromatic heterocycles. The van der Waals surface area contributed by atoms with Crippen molar-refractivity contribution in [2.75, 3.05) is 0 Å². The zero-order valence-electron chi connectivity index (χ0n) is 12.9. The van der Waals surface area contributed by atoms with Gasteiger partial charge in [0.15, 0.2) is 0 Å². The van der Waals surface area contributed by atoms with Gasteiger partial charge in [-0.05, 0) is 47.1 Å². The van der Waals surface area contributed by atoms with Gasteiger partial charge in [-0.3, -0.25) is 14.3 Å². The van der Waals surface area contributed by atoms with Crippen molar-refractivity contribution in [3.05, 3.63) is 63.1 Å². The lowest BCUT2D eigenvalue weighted by atomic mass is 10.2. The quantitative estimate of drug-likeness (QED) is 0.696. The summed E-state index contributed by atoms with van der Waals surface area (Å²) in [6, 6.07) is 5.02. The summed E-state index contributed by atoms with van der Waals surface area (Å²) in [6.07, 6.45) is 1.70. The van der Waals surface area contributed by atoms with E-state index in [2.05, 4.69) is 31.2 Å². The summed E-state index contributed by atoms with van der Waals surface area (Å²) in [5.74, 6) is -0.609. The topological polar surface area (TPSA) is 97.1 Å². The van der Waals surface area contributed by atoms with Crippen LogP contribution in [0.4, 0.5) is 9.18 Å². The molecule has 3 aromatic rings. The molecule has 0 spiro atoms. The monoisotopic (exact) mass is 406 g/mol. The molecule has 0 saturated heterocycles. The van der Waals surface area contributed by atoms with Crippen molar-refractivity contribution in [3.63, 3.8) is 0 Å². The standard InChI is InChI=1S/C16H12BrFN4O3/c1-8(20-16(24)25)14-21-13-11(18)5-4-10(17)12(13)15(23)22(14)9-3-2-6-19-7-9/h2-8,20H,1H3,(H,24,25). The van der Waals surface area contributed by atoms with Crippen molar-refractivity contribution in [1.82, 2.24) is 19.9 Å². The smallest absolute Gasteiger partial charge is 0.405 e. The zero-order chi connectivity index (χ0) is 18.1. The fourth-order valence-corrected chi connectivity index (χ4v) is 3.00. The van der Waals surface area contributed by atoms with Crippen molar-refractivity contribution in [2.45, 2.75) is 13.0 Å². The number of pyridine rings is 1. The first-order valence-corrected chi connectivity index (χ1v) is 8.00. The third kappa shape index (κ3) is 3.10. The number of nitrogens with zero attached hydrogens (tertiary/aromatic N) is 3. The number of amides is 1. The maximum absolute atomic E-state index is 14.2. The Morgan fingerprint density at radius 3 is 2.80 bits per heavy atom. The summed E-state index contributed by atoms with van der Waals surface area (Å²) in [4.78, 5) is 32.2. The van der Waals surface area contributed by atoms with Crippen LogP contribution in [-0.4, -0.2) is 25.7 Å². The SMILES string of the molecule is CC(NC(=O)O)c1nc2c(F)ccc(Br)c2c(=O)n1-c1cccnc1. The highest BCUT2D eigenvalue weighted by Gasteiger charge is 2.22. The number of benzene rings is 1. The predicted octanol–water partition coefficient (Wildman–Crippen LogP) is 3.01. The zero-order valence-corrected chi connectivity index (χ0v) is 14.5. The van der Waals surface area contributed by atoms with E-state index in [0.29, 0.717) is 10.2 Å². The second kappa shape index (κ2) is 6.60. The maximum Gasteiger partial charge on any atom is 0.405 e. The van der Waals surface area contributed by atoms with E-state index in [4.69, 9.17) is 5.11 Å². The summed E-state index contributed by atoms with van der Waals surface area (Å²) in [7, 11) is 0. The molecule has 0 bridgehead atoms. The molecule has 1 aromatic carbocycles. The average Bonchev–Trinajstić information content (AvgIpc) is 2.57. The Bertz CT molecular complexity index is 1020. The third-order valence-corrected chi connectivity index (χ3v) is 4.24. The molecule has 7 nitrogen and oxygen atoms in total. The van der Waals surface area contributed by atoms with Crippen molar-refractivity contribution in [2.24, 2.45) is 0 Å². The van der Waals surface area contributed by atoms with Gasteiger partial charge in [0.1, 0.15) is 17.2 Å². The van der Waals surface area contributed by atoms with Gasteiger partial charge in [0.25, 0.3) is 5.56 Å². The summed E-state index contributed by atoms with van der Waals surface area (Å²) >= 11 is 3.25. The molecule has 0 saturated carbocycles. The summed E-state index contributed by atoms with van der Waals surface area (Å²) in [5.41, 5.74) is -0.265. The lowest BCUT2D eigenvalue weighted by Gasteiger charge is -2.18. The fourth-order valence-electron chi connectivity index (χ4n) is 2.51. The summed E-state index contributed by atoms with van der Waals surface area (Å²) in [6.45, 7) is 1.52. The van der Waals surface area contributed by atoms with Gasteiger partial charge < -0.3 is 10.4 Å². The molecule has 2 N–H and O–H groups in total. The van der Waals surface area contributed by atoms with E-state index in [9.17, 15) is 14.0 Å². The predicted molar refractivity (Wildman–Crippen MR) is 92.4 cm³/mol. The molecule has 2 heterocycles. The first-order valence-electron chi connectivity index (χ1n) is 7.20. The third-order valence-electron chi connectivity index (χ3n) is 3.58. The number of halogens is 2. The molecule has 0 aliphatic heterocycles. The first-order chi connectivity index (χ1) is 11.9. The van der Waals surface area contributed by atoms with Crippen molar-refractivity contribution in [1.29, 1.82) is 0 Å². The molecule has 25 heavy (non-hydrogen) atoms. The molecular formula is C16H12BrFN4O3. The molecule has 0 aliphatic carbocycles. The van der Waals surface area contributed by atoms with E-state index in [1.165, 1.54) is 36.0 Å². The Balaban J connectivity index is 2.41. The molecular weight excluding hydrogens is 395 g/mol. The highest BCUT2D eigenvalue weighted by atomic mass is 79.9. The number of nitrogens with one attached hydrogen (secondary N) is 1. The van der Waals surface area contributed by atoms with Crippen LogP contribution in [0.1, 0.15) is 18.8 Å². The minimum atomic E-state index is -1.28. The molecule has 9 heteroatoms. The lowest BCUT2D eigenvalue weighted by molar-refractivity contribution is 0.190. The van der Waals surface area contributed by atoms with E-state index in [0.717, 1.165) is 0 Å². The van der Waals surface area contributed by atoms with Crippen molar-refractivity contribution >= 4 is 32.9 Å². The number of hydrogen-bond donors (Lipinski definition) is 2. The Labute approximate surface area is 149 Å². The van der Waals surface area contributed by atoms with Gasteiger partial charge in [-0.25, -0.2) is 14.2 Å². The summed E-state index contributed by atoms with van der Waals surface area (Å²) < 4.78 is 15.8. The molecule has 1 unspecified atom stereocenters. The highest BCUT2D eigenvalue weighted by molar-refractivity contribution is 9.10. The largest absolute Gasteiger partial charge is 0.465 e. The van der Waals surface area contributed by atoms with E-state index in [1.807, 2.05) is 0 Å². The van der Waals surface area contributed by atoms with Gasteiger partial charge in [-0.2, -0.15) is 0 Å². The van der Waals surface area contributed by atoms with Gasteiger partial charge in [0.2, 0.25) is 0 Å². The van der Waals surface area contributed by atoms with Crippen LogP contribution < -0.4 is 10.9 Å². The molecule has 3 rings (SSSR count). The van der Waals surface area contributed by atoms with Gasteiger partial charge in [-0.1, -0.05) is 0 Å². The normalized spacial score (nSPS) is 12.1. The van der Waals surface area contributed by atoms with Crippen molar-refractivity contribution in [3.8, 4) is 5.69 Å². The molecule has 0 fully saturated rings. The van der Waals surface area contributed by atoms with Crippen LogP contribution >= 0.6 is 15.9 Å². The molecule has 1 amide bonds. The van der Waals surface area contributed by atoms with Crippen LogP contribution in [0.15, 0.2) is 45.9 Å². The second-order valence-electron chi connectivity index (χ2n) is 5.25. The molecule has 1 atom stereocenters. The second-order valence-corrected chi connectivity index (χ2v) is 6.10. The van der Waals surface area contributed by atoms with Crippen LogP contribution in [0, 0.1) is 5.82 Å². The van der Waals surface area contributed by atoms with E-state index < -0.39 is 23.5 Å². The minimum Gasteiger partial charge on any atom is -0.465 e. The number of carbonyl (C=O) groups is 1. The Morgan fingerprint density at radius 1 is 1.40 bits per heavy atom. The van der Waals surface area contributed by atoms with Crippen LogP contribution in [0.25, 0.3) is 16.6 Å². The molecule has 0 radical (unpaired) electrons. The van der Waals surface area contributed by atoms with Crippen LogP contribution in [0.2, 0.25) is 0 Å². The van der Waals surface area contributed by atoms with E-state index >= 15 is 0 Å². The number of fused-ring (bicyclic) bond motifs is 1. The van der Waals surface area contributed by atoms with Crippen LogP contribution in [-0.2, 0) is 0 Å². The van der Waals surface area contributed by atoms with E-state index in [-0.39, 0.29) is 16.7 Å². The summed E-state index contributed by atoms with van der Waals surface area (Å²) in [5, 5.41) is 11.3. The van der Waals surface area contributed by atoms with Crippen LogP contribution in [0.5, 0.6) is 0 Å². The Kier molecular flexibility index (Phi) is 4.49. The Hall–Kier alpha value is -2.81. The molecule has 128 valence electrons. The fraction of sp³-hybridized carbons (Fsp3) is 0.125. The number of carboxylic acid groups (broad SMARTS) is 1. The van der Waals surface area contributed by atoms with Crippen molar-refractivity contribution < 1.29 is 14.3 Å². The van der Waals surface area contributed by atoms with E-state index in [1.54, 1.807) is 12.1 Å².